The summed E-state index contributed by atoms with van der Waals surface area (Å²) in [4.78, 5) is 22.6. The second-order valence-corrected chi connectivity index (χ2v) is 5.42. The van der Waals surface area contributed by atoms with Crippen LogP contribution in [0.25, 0.3) is 0 Å². The summed E-state index contributed by atoms with van der Waals surface area (Å²) in [7, 11) is 0. The number of halogens is 1. The number of aromatic nitrogens is 3. The highest BCUT2D eigenvalue weighted by Gasteiger charge is 2.31. The highest BCUT2D eigenvalue weighted by atomic mass is 35.5. The van der Waals surface area contributed by atoms with Gasteiger partial charge < -0.3 is 9.42 Å². The van der Waals surface area contributed by atoms with Crippen molar-refractivity contribution < 1.29 is 9.32 Å². The number of carbonyl (C=O) groups excluding carboxylic acids is 1. The quantitative estimate of drug-likeness (QED) is 0.853. The molecule has 0 radical (unpaired) electrons. The predicted octanol–water partition coefficient (Wildman–Crippen LogP) is 2.88. The van der Waals surface area contributed by atoms with Crippen molar-refractivity contribution in [1.82, 2.24) is 20.0 Å². The molecule has 2 aromatic rings. The van der Waals surface area contributed by atoms with Crippen LogP contribution in [0.4, 0.5) is 0 Å². The predicted molar refractivity (Wildman–Crippen MR) is 75.8 cm³/mol. The van der Waals surface area contributed by atoms with Crippen molar-refractivity contribution in [3.8, 4) is 0 Å². The van der Waals surface area contributed by atoms with Crippen LogP contribution in [-0.2, 0) is 0 Å². The van der Waals surface area contributed by atoms with Crippen LogP contribution < -0.4 is 0 Å². The lowest BCUT2D eigenvalue weighted by Gasteiger charge is -2.28. The van der Waals surface area contributed by atoms with Crippen molar-refractivity contribution >= 4 is 17.5 Å². The zero-order chi connectivity index (χ0) is 14.7. The Labute approximate surface area is 127 Å². The van der Waals surface area contributed by atoms with Crippen LogP contribution in [0.3, 0.4) is 0 Å². The Hall–Kier alpha value is -1.95. The number of amides is 1. The number of hydrogen-bond acceptors (Lipinski definition) is 5. The molecule has 1 saturated heterocycles. The number of carbonyl (C=O) groups is 1. The molecule has 0 unspecified atom stereocenters. The monoisotopic (exact) mass is 306 g/mol. The van der Waals surface area contributed by atoms with Gasteiger partial charge in [0.2, 0.25) is 6.39 Å². The molecule has 1 aliphatic rings. The Bertz CT molecular complexity index is 617. The zero-order valence-electron chi connectivity index (χ0n) is 11.4. The van der Waals surface area contributed by atoms with Crippen LogP contribution in [0.15, 0.2) is 29.4 Å². The van der Waals surface area contributed by atoms with Gasteiger partial charge in [0.1, 0.15) is 0 Å². The molecule has 110 valence electrons. The van der Waals surface area contributed by atoms with Gasteiger partial charge in [-0.3, -0.25) is 9.78 Å². The van der Waals surface area contributed by atoms with Crippen LogP contribution in [0.5, 0.6) is 0 Å². The first-order valence-electron chi connectivity index (χ1n) is 6.94. The van der Waals surface area contributed by atoms with E-state index in [0.717, 1.165) is 25.7 Å². The smallest absolute Gasteiger partial charge is 0.256 e. The van der Waals surface area contributed by atoms with Gasteiger partial charge in [0.25, 0.3) is 5.91 Å². The first-order valence-corrected chi connectivity index (χ1v) is 7.32. The van der Waals surface area contributed by atoms with E-state index in [1.165, 1.54) is 12.6 Å². The van der Waals surface area contributed by atoms with E-state index in [-0.39, 0.29) is 11.9 Å². The fourth-order valence-corrected chi connectivity index (χ4v) is 2.85. The van der Waals surface area contributed by atoms with E-state index in [1.807, 2.05) is 0 Å². The average Bonchev–Trinajstić information content (AvgIpc) is 2.91. The molecule has 1 fully saturated rings. The third kappa shape index (κ3) is 2.90. The minimum Gasteiger partial charge on any atom is -0.343 e. The summed E-state index contributed by atoms with van der Waals surface area (Å²) in [6.07, 6.45) is 8.25. The maximum Gasteiger partial charge on any atom is 0.256 e. The van der Waals surface area contributed by atoms with Gasteiger partial charge in [0, 0.05) is 18.9 Å². The Morgan fingerprint density at radius 2 is 2.29 bits per heavy atom. The molecule has 0 N–H and O–H groups in total. The van der Waals surface area contributed by atoms with Gasteiger partial charge in [-0.1, -0.05) is 29.6 Å². The standard InChI is InChI=1S/C14H15ClN4O2/c15-11-8-16-6-5-10(11)14(20)19-7-3-1-2-4-12(19)13-17-9-21-18-13/h5-6,8-9,12H,1-4,7H2/t12-/m0/s1. The molecule has 21 heavy (non-hydrogen) atoms. The number of hydrogen-bond donors (Lipinski definition) is 0. The second kappa shape index (κ2) is 6.22. The summed E-state index contributed by atoms with van der Waals surface area (Å²) < 4.78 is 4.83. The fourth-order valence-electron chi connectivity index (χ4n) is 2.65. The van der Waals surface area contributed by atoms with E-state index in [4.69, 9.17) is 16.1 Å². The van der Waals surface area contributed by atoms with Gasteiger partial charge >= 0.3 is 0 Å². The lowest BCUT2D eigenvalue weighted by Crippen LogP contribution is -2.35. The van der Waals surface area contributed by atoms with Gasteiger partial charge in [0.05, 0.1) is 16.6 Å². The topological polar surface area (TPSA) is 72.1 Å². The molecule has 0 aromatic carbocycles. The molecule has 0 aliphatic carbocycles. The van der Waals surface area contributed by atoms with Crippen molar-refractivity contribution in [3.63, 3.8) is 0 Å². The highest BCUT2D eigenvalue weighted by molar-refractivity contribution is 6.33. The Morgan fingerprint density at radius 3 is 3.05 bits per heavy atom. The maximum absolute atomic E-state index is 12.8. The lowest BCUT2D eigenvalue weighted by atomic mass is 10.1. The first-order chi connectivity index (χ1) is 10.3. The van der Waals surface area contributed by atoms with E-state index in [0.29, 0.717) is 23.0 Å². The molecule has 3 heterocycles. The molecular weight excluding hydrogens is 292 g/mol. The summed E-state index contributed by atoms with van der Waals surface area (Å²) in [5.41, 5.74) is 0.460. The molecule has 1 amide bonds. The summed E-state index contributed by atoms with van der Waals surface area (Å²) in [5.74, 6) is 0.439. The molecular formula is C14H15ClN4O2. The summed E-state index contributed by atoms with van der Waals surface area (Å²) in [5, 5.41) is 4.26. The van der Waals surface area contributed by atoms with E-state index in [2.05, 4.69) is 15.1 Å². The van der Waals surface area contributed by atoms with Crippen molar-refractivity contribution in [2.45, 2.75) is 31.7 Å². The molecule has 3 rings (SSSR count). The maximum atomic E-state index is 12.8. The van der Waals surface area contributed by atoms with Crippen LogP contribution in [0.2, 0.25) is 5.02 Å². The minimum atomic E-state index is -0.164. The number of nitrogens with zero attached hydrogens (tertiary/aromatic N) is 4. The average molecular weight is 307 g/mol. The number of rotatable bonds is 2. The van der Waals surface area contributed by atoms with Crippen LogP contribution in [0.1, 0.15) is 47.9 Å². The van der Waals surface area contributed by atoms with E-state index >= 15 is 0 Å². The minimum absolute atomic E-state index is 0.112. The lowest BCUT2D eigenvalue weighted by molar-refractivity contribution is 0.0670. The zero-order valence-corrected chi connectivity index (χ0v) is 12.2. The van der Waals surface area contributed by atoms with Crippen LogP contribution >= 0.6 is 11.6 Å². The van der Waals surface area contributed by atoms with Gasteiger partial charge in [-0.2, -0.15) is 4.98 Å². The van der Waals surface area contributed by atoms with Crippen LogP contribution in [-0.4, -0.2) is 32.5 Å². The van der Waals surface area contributed by atoms with Crippen molar-refractivity contribution in [2.24, 2.45) is 0 Å². The Kier molecular flexibility index (Phi) is 4.15. The van der Waals surface area contributed by atoms with Crippen molar-refractivity contribution in [3.05, 3.63) is 41.3 Å². The number of likely N-dealkylation sites (tertiary alicyclic amines) is 1. The third-order valence-corrected chi connectivity index (χ3v) is 3.99. The molecule has 6 nitrogen and oxygen atoms in total. The third-order valence-electron chi connectivity index (χ3n) is 3.69. The normalized spacial score (nSPS) is 19.3. The molecule has 1 atom stereocenters. The Morgan fingerprint density at radius 1 is 1.38 bits per heavy atom. The molecule has 0 saturated carbocycles. The molecule has 1 aliphatic heterocycles. The Balaban J connectivity index is 1.93. The highest BCUT2D eigenvalue weighted by Crippen LogP contribution is 2.30. The summed E-state index contributed by atoms with van der Waals surface area (Å²) in [6, 6.07) is 1.48. The van der Waals surface area contributed by atoms with E-state index < -0.39 is 0 Å². The fraction of sp³-hybridized carbons (Fsp3) is 0.429. The summed E-state index contributed by atoms with van der Waals surface area (Å²) in [6.45, 7) is 0.663. The van der Waals surface area contributed by atoms with Gasteiger partial charge in [-0.25, -0.2) is 0 Å². The van der Waals surface area contributed by atoms with Gasteiger partial charge in [0.15, 0.2) is 5.82 Å². The van der Waals surface area contributed by atoms with Crippen molar-refractivity contribution in [2.75, 3.05) is 6.54 Å². The van der Waals surface area contributed by atoms with Crippen molar-refractivity contribution in [1.29, 1.82) is 0 Å². The first kappa shape index (κ1) is 14.0. The SMILES string of the molecule is O=C(c1ccncc1Cl)N1CCCCC[C@H]1c1ncon1. The number of pyridine rings is 1. The van der Waals surface area contributed by atoms with Crippen LogP contribution in [0, 0.1) is 0 Å². The second-order valence-electron chi connectivity index (χ2n) is 5.01. The molecule has 0 bridgehead atoms. The van der Waals surface area contributed by atoms with Gasteiger partial charge in [-0.05, 0) is 18.9 Å². The summed E-state index contributed by atoms with van der Waals surface area (Å²) >= 11 is 6.09. The van der Waals surface area contributed by atoms with E-state index in [1.54, 1.807) is 17.2 Å². The molecule has 2 aromatic heterocycles. The molecule has 7 heteroatoms. The van der Waals surface area contributed by atoms with Gasteiger partial charge in [-0.15, -0.1) is 0 Å². The molecule has 0 spiro atoms. The largest absolute Gasteiger partial charge is 0.343 e. The van der Waals surface area contributed by atoms with E-state index in [9.17, 15) is 4.79 Å².